The number of imide groups is 1. The molecule has 26 heavy (non-hydrogen) atoms. The van der Waals surface area contributed by atoms with Crippen LogP contribution in [0.1, 0.15) is 21.5 Å². The van der Waals surface area contributed by atoms with Gasteiger partial charge in [0.15, 0.2) is 0 Å². The molecule has 3 rings (SSSR count). The van der Waals surface area contributed by atoms with E-state index in [0.29, 0.717) is 21.6 Å². The number of methoxy groups -OCH3 is 1. The van der Waals surface area contributed by atoms with Gasteiger partial charge in [-0.3, -0.25) is 14.5 Å². The van der Waals surface area contributed by atoms with Crippen LogP contribution in [0.15, 0.2) is 53.4 Å². The van der Waals surface area contributed by atoms with Gasteiger partial charge in [-0.1, -0.05) is 24.3 Å². The van der Waals surface area contributed by atoms with Gasteiger partial charge < -0.3 is 4.74 Å². The highest BCUT2D eigenvalue weighted by Gasteiger charge is 2.34. The molecule has 0 aliphatic carbocycles. The van der Waals surface area contributed by atoms with E-state index in [4.69, 9.17) is 0 Å². The molecule has 1 saturated heterocycles. The molecule has 2 aromatic rings. The van der Waals surface area contributed by atoms with Crippen molar-refractivity contribution >= 4 is 35.0 Å². The lowest BCUT2D eigenvalue weighted by atomic mass is 10.1. The van der Waals surface area contributed by atoms with E-state index >= 15 is 0 Å². The van der Waals surface area contributed by atoms with E-state index in [0.717, 1.165) is 16.7 Å². The fraction of sp³-hybridized carbons (Fsp3) is 0.105. The Balaban J connectivity index is 1.76. The highest BCUT2D eigenvalue weighted by molar-refractivity contribution is 8.18. The summed E-state index contributed by atoms with van der Waals surface area (Å²) in [5.41, 5.74) is 1.75. The fourth-order valence-corrected chi connectivity index (χ4v) is 3.23. The third kappa shape index (κ3) is 3.83. The molecule has 2 amide bonds. The first kappa shape index (κ1) is 17.9. The Kier molecular flexibility index (Phi) is 5.18. The summed E-state index contributed by atoms with van der Waals surface area (Å²) < 4.78 is 17.6. The molecule has 1 aliphatic rings. The number of halogens is 1. The molecule has 0 atom stereocenters. The molecule has 0 spiro atoms. The van der Waals surface area contributed by atoms with Crippen LogP contribution in [0.5, 0.6) is 0 Å². The molecule has 0 saturated carbocycles. The van der Waals surface area contributed by atoms with Crippen LogP contribution in [0.4, 0.5) is 9.18 Å². The Bertz CT molecular complexity index is 891. The average molecular weight is 371 g/mol. The topological polar surface area (TPSA) is 63.7 Å². The molecule has 7 heteroatoms. The standard InChI is InChI=1S/C19H14FNO4S/c1-25-18(23)14-6-2-12(3-7-14)10-16-17(22)21(19(24)26-16)11-13-4-8-15(20)9-5-13/h2-10H,11H2,1H3. The second-order valence-electron chi connectivity index (χ2n) is 5.51. The maximum atomic E-state index is 13.0. The highest BCUT2D eigenvalue weighted by atomic mass is 32.2. The summed E-state index contributed by atoms with van der Waals surface area (Å²) in [4.78, 5) is 37.5. The average Bonchev–Trinajstić information content (AvgIpc) is 2.91. The molecule has 0 unspecified atom stereocenters. The van der Waals surface area contributed by atoms with Crippen molar-refractivity contribution in [1.82, 2.24) is 4.90 Å². The third-order valence-corrected chi connectivity index (χ3v) is 4.66. The van der Waals surface area contributed by atoms with Crippen LogP contribution < -0.4 is 0 Å². The Morgan fingerprint density at radius 2 is 1.77 bits per heavy atom. The number of carbonyl (C=O) groups is 3. The second-order valence-corrected chi connectivity index (χ2v) is 6.50. The number of carbonyl (C=O) groups excluding carboxylic acids is 3. The number of thioether (sulfide) groups is 1. The molecule has 0 radical (unpaired) electrons. The van der Waals surface area contributed by atoms with Crippen LogP contribution in [0.25, 0.3) is 6.08 Å². The van der Waals surface area contributed by atoms with E-state index in [2.05, 4.69) is 4.74 Å². The van der Waals surface area contributed by atoms with Crippen molar-refractivity contribution in [2.75, 3.05) is 7.11 Å². The van der Waals surface area contributed by atoms with Crippen LogP contribution >= 0.6 is 11.8 Å². The van der Waals surface area contributed by atoms with Crippen molar-refractivity contribution in [2.24, 2.45) is 0 Å². The highest BCUT2D eigenvalue weighted by Crippen LogP contribution is 2.33. The summed E-state index contributed by atoms with van der Waals surface area (Å²) >= 11 is 0.847. The zero-order valence-corrected chi connectivity index (χ0v) is 14.6. The van der Waals surface area contributed by atoms with E-state index in [-0.39, 0.29) is 17.6 Å². The van der Waals surface area contributed by atoms with Gasteiger partial charge in [-0.05, 0) is 53.2 Å². The summed E-state index contributed by atoms with van der Waals surface area (Å²) in [7, 11) is 1.30. The largest absolute Gasteiger partial charge is 0.465 e. The van der Waals surface area contributed by atoms with Crippen LogP contribution in [0.3, 0.4) is 0 Å². The van der Waals surface area contributed by atoms with Gasteiger partial charge in [0.1, 0.15) is 5.82 Å². The van der Waals surface area contributed by atoms with Crippen LogP contribution in [-0.4, -0.2) is 29.1 Å². The molecule has 2 aromatic carbocycles. The second kappa shape index (κ2) is 7.53. The quantitative estimate of drug-likeness (QED) is 0.603. The molecule has 1 fully saturated rings. The summed E-state index contributed by atoms with van der Waals surface area (Å²) in [5, 5.41) is -0.378. The van der Waals surface area contributed by atoms with Crippen LogP contribution in [-0.2, 0) is 16.1 Å². The van der Waals surface area contributed by atoms with Gasteiger partial charge >= 0.3 is 5.97 Å². The number of benzene rings is 2. The summed E-state index contributed by atoms with van der Waals surface area (Å²) in [5.74, 6) is -1.23. The first-order valence-corrected chi connectivity index (χ1v) is 8.48. The van der Waals surface area contributed by atoms with Gasteiger partial charge in [0.05, 0.1) is 24.1 Å². The van der Waals surface area contributed by atoms with Gasteiger partial charge in [-0.2, -0.15) is 0 Å². The molecular formula is C19H14FNO4S. The van der Waals surface area contributed by atoms with Crippen molar-refractivity contribution in [1.29, 1.82) is 0 Å². The zero-order valence-electron chi connectivity index (χ0n) is 13.8. The van der Waals surface area contributed by atoms with E-state index in [1.165, 1.54) is 31.4 Å². The minimum atomic E-state index is -0.448. The number of esters is 1. The number of ether oxygens (including phenoxy) is 1. The number of hydrogen-bond donors (Lipinski definition) is 0. The SMILES string of the molecule is COC(=O)c1ccc(C=C2SC(=O)N(Cc3ccc(F)cc3)C2=O)cc1. The number of amides is 2. The Morgan fingerprint density at radius 3 is 2.38 bits per heavy atom. The molecule has 0 N–H and O–H groups in total. The monoisotopic (exact) mass is 371 g/mol. The first-order chi connectivity index (χ1) is 12.5. The lowest BCUT2D eigenvalue weighted by Gasteiger charge is -2.12. The van der Waals surface area contributed by atoms with Crippen molar-refractivity contribution in [3.05, 3.63) is 75.9 Å². The Hall–Kier alpha value is -2.93. The molecular weight excluding hydrogens is 357 g/mol. The minimum absolute atomic E-state index is 0.0869. The molecule has 132 valence electrons. The summed E-state index contributed by atoms with van der Waals surface area (Å²) in [6.45, 7) is 0.0869. The zero-order chi connectivity index (χ0) is 18.7. The van der Waals surface area contributed by atoms with Gasteiger partial charge in [0.2, 0.25) is 0 Å². The Labute approximate surface area is 153 Å². The first-order valence-electron chi connectivity index (χ1n) is 7.66. The van der Waals surface area contributed by atoms with Crippen molar-refractivity contribution in [2.45, 2.75) is 6.54 Å². The normalized spacial score (nSPS) is 15.6. The molecule has 1 aliphatic heterocycles. The van der Waals surface area contributed by atoms with E-state index in [9.17, 15) is 18.8 Å². The van der Waals surface area contributed by atoms with Crippen molar-refractivity contribution in [3.63, 3.8) is 0 Å². The van der Waals surface area contributed by atoms with E-state index < -0.39 is 11.9 Å². The summed E-state index contributed by atoms with van der Waals surface area (Å²) in [6.07, 6.45) is 1.59. The smallest absolute Gasteiger partial charge is 0.337 e. The fourth-order valence-electron chi connectivity index (χ4n) is 2.39. The summed E-state index contributed by atoms with van der Waals surface area (Å²) in [6, 6.07) is 12.1. The molecule has 0 aromatic heterocycles. The van der Waals surface area contributed by atoms with Gasteiger partial charge in [-0.15, -0.1) is 0 Å². The Morgan fingerprint density at radius 1 is 1.12 bits per heavy atom. The van der Waals surface area contributed by atoms with Crippen LogP contribution in [0, 0.1) is 5.82 Å². The predicted molar refractivity (Wildman–Crippen MR) is 95.7 cm³/mol. The van der Waals surface area contributed by atoms with E-state index in [1.807, 2.05) is 0 Å². The van der Waals surface area contributed by atoms with Crippen LogP contribution in [0.2, 0.25) is 0 Å². The number of rotatable bonds is 4. The maximum absolute atomic E-state index is 13.0. The lowest BCUT2D eigenvalue weighted by Crippen LogP contribution is -2.27. The third-order valence-electron chi connectivity index (χ3n) is 3.76. The molecule has 1 heterocycles. The van der Waals surface area contributed by atoms with Crippen molar-refractivity contribution in [3.8, 4) is 0 Å². The maximum Gasteiger partial charge on any atom is 0.337 e. The van der Waals surface area contributed by atoms with Crippen molar-refractivity contribution < 1.29 is 23.5 Å². The minimum Gasteiger partial charge on any atom is -0.465 e. The predicted octanol–water partition coefficient (Wildman–Crippen LogP) is 3.85. The van der Waals surface area contributed by atoms with Gasteiger partial charge in [-0.25, -0.2) is 9.18 Å². The van der Waals surface area contributed by atoms with Gasteiger partial charge in [0.25, 0.3) is 11.1 Å². The molecule has 5 nitrogen and oxygen atoms in total. The number of hydrogen-bond acceptors (Lipinski definition) is 5. The van der Waals surface area contributed by atoms with Gasteiger partial charge in [0, 0.05) is 0 Å². The molecule has 0 bridgehead atoms. The number of nitrogens with zero attached hydrogens (tertiary/aromatic N) is 1. The van der Waals surface area contributed by atoms with E-state index in [1.54, 1.807) is 30.3 Å². The lowest BCUT2D eigenvalue weighted by molar-refractivity contribution is -0.123.